The lowest BCUT2D eigenvalue weighted by molar-refractivity contribution is 0.283. The SMILES string of the molecule is Cc1ccc(OCCCC(C)(C)C#N)cc1F. The summed E-state index contributed by atoms with van der Waals surface area (Å²) in [7, 11) is 0. The fourth-order valence-electron chi connectivity index (χ4n) is 1.42. The number of rotatable bonds is 5. The minimum absolute atomic E-state index is 0.250. The molecule has 0 aromatic heterocycles. The summed E-state index contributed by atoms with van der Waals surface area (Å²) in [5.74, 6) is 0.294. The van der Waals surface area contributed by atoms with Crippen LogP contribution in [0.15, 0.2) is 18.2 Å². The molecule has 0 saturated carbocycles. The predicted molar refractivity (Wildman–Crippen MR) is 65.3 cm³/mol. The summed E-state index contributed by atoms with van der Waals surface area (Å²) >= 11 is 0. The molecule has 0 atom stereocenters. The number of ether oxygens (including phenoxy) is 1. The molecule has 0 amide bonds. The number of hydrogen-bond acceptors (Lipinski definition) is 2. The van der Waals surface area contributed by atoms with Gasteiger partial charge in [-0.2, -0.15) is 5.26 Å². The van der Waals surface area contributed by atoms with Crippen LogP contribution in [0.2, 0.25) is 0 Å². The molecule has 17 heavy (non-hydrogen) atoms. The summed E-state index contributed by atoms with van der Waals surface area (Å²) in [6.07, 6.45) is 1.56. The van der Waals surface area contributed by atoms with E-state index in [-0.39, 0.29) is 11.2 Å². The molecule has 92 valence electrons. The van der Waals surface area contributed by atoms with Crippen LogP contribution < -0.4 is 4.74 Å². The summed E-state index contributed by atoms with van der Waals surface area (Å²) < 4.78 is 18.6. The Labute approximate surface area is 102 Å². The summed E-state index contributed by atoms with van der Waals surface area (Å²) in [5, 5.41) is 8.84. The molecule has 1 rings (SSSR count). The number of aryl methyl sites for hydroxylation is 1. The van der Waals surface area contributed by atoms with Crippen molar-refractivity contribution in [3.05, 3.63) is 29.6 Å². The van der Waals surface area contributed by atoms with Gasteiger partial charge in [-0.25, -0.2) is 4.39 Å². The van der Waals surface area contributed by atoms with Crippen LogP contribution in [0.3, 0.4) is 0 Å². The summed E-state index contributed by atoms with van der Waals surface area (Å²) in [6.45, 7) is 6.03. The lowest BCUT2D eigenvalue weighted by Crippen LogP contribution is -2.10. The van der Waals surface area contributed by atoms with Gasteiger partial charge < -0.3 is 4.74 Å². The Hall–Kier alpha value is -1.56. The molecular formula is C14H18FNO. The maximum absolute atomic E-state index is 13.2. The molecule has 0 unspecified atom stereocenters. The monoisotopic (exact) mass is 235 g/mol. The number of nitrogens with zero attached hydrogens (tertiary/aromatic N) is 1. The van der Waals surface area contributed by atoms with Crippen LogP contribution in [-0.2, 0) is 0 Å². The van der Waals surface area contributed by atoms with Crippen molar-refractivity contribution in [2.45, 2.75) is 33.6 Å². The highest BCUT2D eigenvalue weighted by atomic mass is 19.1. The molecular weight excluding hydrogens is 217 g/mol. The first-order valence-electron chi connectivity index (χ1n) is 5.75. The lowest BCUT2D eigenvalue weighted by atomic mass is 9.90. The van der Waals surface area contributed by atoms with Crippen LogP contribution >= 0.6 is 0 Å². The smallest absolute Gasteiger partial charge is 0.129 e. The van der Waals surface area contributed by atoms with E-state index in [0.717, 1.165) is 12.8 Å². The van der Waals surface area contributed by atoms with Gasteiger partial charge in [0.15, 0.2) is 0 Å². The molecule has 0 aliphatic carbocycles. The van der Waals surface area contributed by atoms with E-state index in [4.69, 9.17) is 10.00 Å². The zero-order valence-electron chi connectivity index (χ0n) is 10.6. The molecule has 1 aromatic rings. The van der Waals surface area contributed by atoms with Gasteiger partial charge >= 0.3 is 0 Å². The minimum atomic E-state index is -0.318. The Balaban J connectivity index is 2.37. The van der Waals surface area contributed by atoms with E-state index >= 15 is 0 Å². The highest BCUT2D eigenvalue weighted by Crippen LogP contribution is 2.21. The highest BCUT2D eigenvalue weighted by Gasteiger charge is 2.15. The third-order valence-electron chi connectivity index (χ3n) is 2.66. The van der Waals surface area contributed by atoms with Crippen LogP contribution in [-0.4, -0.2) is 6.61 Å². The summed E-state index contributed by atoms with van der Waals surface area (Å²) in [5.41, 5.74) is 0.296. The standard InChI is InChI=1S/C14H18FNO/c1-11-5-6-12(9-13(11)15)17-8-4-7-14(2,3)10-16/h5-6,9H,4,7-8H2,1-3H3. The quantitative estimate of drug-likeness (QED) is 0.726. The van der Waals surface area contributed by atoms with Gasteiger partial charge in [-0.15, -0.1) is 0 Å². The van der Waals surface area contributed by atoms with Gasteiger partial charge in [0.1, 0.15) is 11.6 Å². The fraction of sp³-hybridized carbons (Fsp3) is 0.500. The van der Waals surface area contributed by atoms with Crippen LogP contribution in [0.25, 0.3) is 0 Å². The van der Waals surface area contributed by atoms with Crippen molar-refractivity contribution in [2.75, 3.05) is 6.61 Å². The van der Waals surface area contributed by atoms with E-state index in [9.17, 15) is 4.39 Å². The molecule has 3 heteroatoms. The predicted octanol–water partition coefficient (Wildman–Crippen LogP) is 3.84. The van der Waals surface area contributed by atoms with E-state index in [0.29, 0.717) is 17.9 Å². The Bertz CT molecular complexity index is 421. The average molecular weight is 235 g/mol. The van der Waals surface area contributed by atoms with Gasteiger partial charge in [0.2, 0.25) is 0 Å². The molecule has 0 fully saturated rings. The third kappa shape index (κ3) is 4.44. The molecule has 0 saturated heterocycles. The van der Waals surface area contributed by atoms with Crippen molar-refractivity contribution in [2.24, 2.45) is 5.41 Å². The highest BCUT2D eigenvalue weighted by molar-refractivity contribution is 5.27. The van der Waals surface area contributed by atoms with E-state index in [1.807, 2.05) is 13.8 Å². The number of hydrogen-bond donors (Lipinski definition) is 0. The van der Waals surface area contributed by atoms with Gasteiger partial charge in [0.05, 0.1) is 18.1 Å². The van der Waals surface area contributed by atoms with E-state index in [1.165, 1.54) is 6.07 Å². The zero-order chi connectivity index (χ0) is 12.9. The van der Waals surface area contributed by atoms with Crippen molar-refractivity contribution in [3.8, 4) is 11.8 Å². The van der Waals surface area contributed by atoms with Crippen LogP contribution in [0.1, 0.15) is 32.3 Å². The molecule has 1 aromatic carbocycles. The first-order chi connectivity index (χ1) is 7.94. The second-order valence-corrected chi connectivity index (χ2v) is 4.86. The molecule has 0 radical (unpaired) electrons. The molecule has 0 spiro atoms. The normalized spacial score (nSPS) is 11.0. The summed E-state index contributed by atoms with van der Waals surface area (Å²) in [6, 6.07) is 7.09. The second kappa shape index (κ2) is 5.67. The number of halogens is 1. The largest absolute Gasteiger partial charge is 0.493 e. The molecule has 0 aliphatic rings. The lowest BCUT2D eigenvalue weighted by Gasteiger charge is -2.14. The first-order valence-corrected chi connectivity index (χ1v) is 5.75. The van der Waals surface area contributed by atoms with E-state index < -0.39 is 0 Å². The van der Waals surface area contributed by atoms with Crippen LogP contribution in [0.5, 0.6) is 5.75 Å². The fourth-order valence-corrected chi connectivity index (χ4v) is 1.42. The summed E-state index contributed by atoms with van der Waals surface area (Å²) in [4.78, 5) is 0. The zero-order valence-corrected chi connectivity index (χ0v) is 10.6. The Kier molecular flexibility index (Phi) is 4.51. The van der Waals surface area contributed by atoms with E-state index in [1.54, 1.807) is 19.1 Å². The van der Waals surface area contributed by atoms with Crippen molar-refractivity contribution >= 4 is 0 Å². The average Bonchev–Trinajstić information content (AvgIpc) is 2.29. The van der Waals surface area contributed by atoms with Gasteiger partial charge in [-0.3, -0.25) is 0 Å². The molecule has 0 aliphatic heterocycles. The molecule has 0 bridgehead atoms. The van der Waals surface area contributed by atoms with Crippen molar-refractivity contribution in [1.29, 1.82) is 5.26 Å². The number of nitriles is 1. The van der Waals surface area contributed by atoms with Crippen molar-refractivity contribution in [1.82, 2.24) is 0 Å². The molecule has 2 nitrogen and oxygen atoms in total. The van der Waals surface area contributed by atoms with Gasteiger partial charge in [-0.1, -0.05) is 6.07 Å². The van der Waals surface area contributed by atoms with Gasteiger partial charge in [-0.05, 0) is 45.2 Å². The first kappa shape index (κ1) is 13.5. The molecule has 0 heterocycles. The van der Waals surface area contributed by atoms with Crippen LogP contribution in [0.4, 0.5) is 4.39 Å². The maximum Gasteiger partial charge on any atom is 0.129 e. The topological polar surface area (TPSA) is 33.0 Å². The van der Waals surface area contributed by atoms with Crippen LogP contribution in [0, 0.1) is 29.5 Å². The Morgan fingerprint density at radius 2 is 2.12 bits per heavy atom. The van der Waals surface area contributed by atoms with Crippen molar-refractivity contribution in [3.63, 3.8) is 0 Å². The third-order valence-corrected chi connectivity index (χ3v) is 2.66. The van der Waals surface area contributed by atoms with Gasteiger partial charge in [0, 0.05) is 6.07 Å². The van der Waals surface area contributed by atoms with Gasteiger partial charge in [0.25, 0.3) is 0 Å². The second-order valence-electron chi connectivity index (χ2n) is 4.86. The number of benzene rings is 1. The van der Waals surface area contributed by atoms with E-state index in [2.05, 4.69) is 6.07 Å². The Morgan fingerprint density at radius 3 is 2.71 bits per heavy atom. The minimum Gasteiger partial charge on any atom is -0.493 e. The maximum atomic E-state index is 13.2. The Morgan fingerprint density at radius 1 is 1.41 bits per heavy atom. The van der Waals surface area contributed by atoms with Crippen molar-refractivity contribution < 1.29 is 9.13 Å². The molecule has 0 N–H and O–H groups in total.